The summed E-state index contributed by atoms with van der Waals surface area (Å²) >= 11 is 0. The Bertz CT molecular complexity index is 925. The van der Waals surface area contributed by atoms with E-state index in [1.807, 2.05) is 54.6 Å². The molecule has 2 aromatic rings. The maximum Gasteiger partial charge on any atom is 0.160 e. The van der Waals surface area contributed by atoms with Crippen molar-refractivity contribution in [3.63, 3.8) is 0 Å². The summed E-state index contributed by atoms with van der Waals surface area (Å²) in [5.74, 6) is 0.675. The summed E-state index contributed by atoms with van der Waals surface area (Å²) in [6.45, 7) is 10.4. The van der Waals surface area contributed by atoms with Gasteiger partial charge in [0.25, 0.3) is 0 Å². The number of nitrogen functional groups attached to an aromatic ring is 1. The minimum atomic E-state index is 0.0310. The van der Waals surface area contributed by atoms with Crippen molar-refractivity contribution in [1.82, 2.24) is 5.32 Å². The van der Waals surface area contributed by atoms with Gasteiger partial charge in [0.05, 0.1) is 6.54 Å². The summed E-state index contributed by atoms with van der Waals surface area (Å²) in [4.78, 5) is 16.7. The van der Waals surface area contributed by atoms with Gasteiger partial charge in [0.15, 0.2) is 5.78 Å². The monoisotopic (exact) mass is 389 g/mol. The van der Waals surface area contributed by atoms with Crippen LogP contribution in [0.3, 0.4) is 0 Å². The molecule has 29 heavy (non-hydrogen) atoms. The Labute approximate surface area is 174 Å². The number of para-hydroxylation sites is 1. The number of allylic oxidation sites excluding steroid dienone is 2. The fraction of sp³-hybridized carbons (Fsp3) is 0.280. The van der Waals surface area contributed by atoms with E-state index in [9.17, 15) is 4.79 Å². The standard InChI is InChI=1S/C25H31N3O/c1-5-6-11-18(2)16-19(3)28-25(23-14-9-10-15-24(23)26)27-17-21-12-7-8-13-22(21)20(4)29/h7-10,12-16H,3,5-6,11,17,26H2,1-2,4H3,(H,27,28)/b18-16-. The fourth-order valence-corrected chi connectivity index (χ4v) is 3.08. The molecule has 0 fully saturated rings. The van der Waals surface area contributed by atoms with Crippen LogP contribution in [0.4, 0.5) is 5.69 Å². The van der Waals surface area contributed by atoms with Crippen molar-refractivity contribution in [2.24, 2.45) is 4.99 Å². The van der Waals surface area contributed by atoms with Crippen LogP contribution in [-0.2, 0) is 6.54 Å². The SMILES string of the molecule is C=C(/C=C(/C)CCCC)NC(=NCc1ccccc1C(C)=O)c1ccccc1N. The van der Waals surface area contributed by atoms with Gasteiger partial charge in [-0.1, -0.05) is 61.9 Å². The molecule has 0 heterocycles. The molecule has 2 aromatic carbocycles. The van der Waals surface area contributed by atoms with Gasteiger partial charge < -0.3 is 11.1 Å². The van der Waals surface area contributed by atoms with E-state index in [1.165, 1.54) is 5.57 Å². The van der Waals surface area contributed by atoms with Crippen LogP contribution in [0.1, 0.15) is 61.5 Å². The largest absolute Gasteiger partial charge is 0.398 e. The molecule has 3 N–H and O–H groups in total. The Morgan fingerprint density at radius 1 is 1.10 bits per heavy atom. The van der Waals surface area contributed by atoms with Crippen LogP contribution in [-0.4, -0.2) is 11.6 Å². The Balaban J connectivity index is 2.32. The van der Waals surface area contributed by atoms with E-state index in [-0.39, 0.29) is 5.78 Å². The molecule has 0 spiro atoms. The summed E-state index contributed by atoms with van der Waals surface area (Å²) in [7, 11) is 0. The summed E-state index contributed by atoms with van der Waals surface area (Å²) in [6.07, 6.45) is 5.41. The lowest BCUT2D eigenvalue weighted by Gasteiger charge is -2.14. The zero-order valence-corrected chi connectivity index (χ0v) is 17.7. The second-order valence-electron chi connectivity index (χ2n) is 7.21. The van der Waals surface area contributed by atoms with Crippen molar-refractivity contribution in [1.29, 1.82) is 0 Å². The molecule has 0 aliphatic carbocycles. The smallest absolute Gasteiger partial charge is 0.160 e. The third kappa shape index (κ3) is 6.75. The van der Waals surface area contributed by atoms with Gasteiger partial charge in [-0.3, -0.25) is 9.79 Å². The zero-order valence-electron chi connectivity index (χ0n) is 17.7. The summed E-state index contributed by atoms with van der Waals surface area (Å²) in [6, 6.07) is 15.1. The first-order valence-corrected chi connectivity index (χ1v) is 10.0. The lowest BCUT2D eigenvalue weighted by Crippen LogP contribution is -2.24. The minimum absolute atomic E-state index is 0.0310. The number of hydrogen-bond acceptors (Lipinski definition) is 3. The number of carbonyl (C=O) groups excluding carboxylic acids is 1. The van der Waals surface area contributed by atoms with Crippen molar-refractivity contribution < 1.29 is 4.79 Å². The molecule has 0 aromatic heterocycles. The van der Waals surface area contributed by atoms with Gasteiger partial charge >= 0.3 is 0 Å². The second-order valence-corrected chi connectivity index (χ2v) is 7.21. The lowest BCUT2D eigenvalue weighted by molar-refractivity contribution is 0.101. The topological polar surface area (TPSA) is 67.5 Å². The van der Waals surface area contributed by atoms with Gasteiger partial charge in [0, 0.05) is 22.5 Å². The summed E-state index contributed by atoms with van der Waals surface area (Å²) < 4.78 is 0. The van der Waals surface area contributed by atoms with Gasteiger partial charge in [0.1, 0.15) is 5.84 Å². The third-order valence-corrected chi connectivity index (χ3v) is 4.64. The Morgan fingerprint density at radius 2 is 1.76 bits per heavy atom. The molecule has 4 nitrogen and oxygen atoms in total. The number of amidine groups is 1. The molecule has 0 radical (unpaired) electrons. The first-order valence-electron chi connectivity index (χ1n) is 10.0. The highest BCUT2D eigenvalue weighted by Gasteiger charge is 2.10. The van der Waals surface area contributed by atoms with Crippen molar-refractivity contribution in [3.05, 3.63) is 89.1 Å². The predicted molar refractivity (Wildman–Crippen MR) is 123 cm³/mol. The number of rotatable bonds is 9. The first kappa shape index (κ1) is 22.2. The van der Waals surface area contributed by atoms with E-state index in [2.05, 4.69) is 25.7 Å². The summed E-state index contributed by atoms with van der Waals surface area (Å²) in [5.41, 5.74) is 11.2. The van der Waals surface area contributed by atoms with E-state index in [1.54, 1.807) is 6.92 Å². The number of benzene rings is 2. The second kappa shape index (κ2) is 11.0. The highest BCUT2D eigenvalue weighted by molar-refractivity contribution is 6.04. The van der Waals surface area contributed by atoms with Crippen molar-refractivity contribution in [3.8, 4) is 0 Å². The molecule has 0 bridgehead atoms. The maximum absolute atomic E-state index is 11.9. The van der Waals surface area contributed by atoms with Crippen molar-refractivity contribution in [2.45, 2.75) is 46.6 Å². The molecular formula is C25H31N3O. The van der Waals surface area contributed by atoms with E-state index < -0.39 is 0 Å². The number of hydrogen-bond donors (Lipinski definition) is 2. The number of anilines is 1. The van der Waals surface area contributed by atoms with E-state index in [0.29, 0.717) is 23.6 Å². The van der Waals surface area contributed by atoms with E-state index in [4.69, 9.17) is 10.7 Å². The number of ketones is 1. The predicted octanol–water partition coefficient (Wildman–Crippen LogP) is 5.66. The Hall–Kier alpha value is -3.14. The normalized spacial score (nSPS) is 12.0. The molecule has 4 heteroatoms. The fourth-order valence-electron chi connectivity index (χ4n) is 3.08. The number of carbonyl (C=O) groups is 1. The Kier molecular flexibility index (Phi) is 8.41. The number of nitrogens with two attached hydrogens (primary N) is 1. The van der Waals surface area contributed by atoms with Crippen LogP contribution >= 0.6 is 0 Å². The van der Waals surface area contributed by atoms with Crippen molar-refractivity contribution >= 4 is 17.3 Å². The minimum Gasteiger partial charge on any atom is -0.398 e. The summed E-state index contributed by atoms with van der Waals surface area (Å²) in [5, 5.41) is 3.31. The molecule has 0 aliphatic heterocycles. The average molecular weight is 390 g/mol. The van der Waals surface area contributed by atoms with Crippen molar-refractivity contribution in [2.75, 3.05) is 5.73 Å². The molecule has 2 rings (SSSR count). The van der Waals surface area contributed by atoms with E-state index >= 15 is 0 Å². The highest BCUT2D eigenvalue weighted by Crippen LogP contribution is 2.16. The molecule has 152 valence electrons. The van der Waals surface area contributed by atoms with Crippen LogP contribution in [0.25, 0.3) is 0 Å². The molecule has 0 saturated carbocycles. The number of nitrogens with zero attached hydrogens (tertiary/aromatic N) is 1. The molecule has 0 unspecified atom stereocenters. The number of unbranched alkanes of at least 4 members (excludes halogenated alkanes) is 1. The molecular weight excluding hydrogens is 358 g/mol. The van der Waals surface area contributed by atoms with Crippen LogP contribution in [0.15, 0.2) is 77.4 Å². The molecule has 0 atom stereocenters. The van der Waals surface area contributed by atoms with Crippen LogP contribution in [0, 0.1) is 0 Å². The average Bonchev–Trinajstić information content (AvgIpc) is 2.70. The van der Waals surface area contributed by atoms with Crippen LogP contribution < -0.4 is 11.1 Å². The number of aliphatic imine (C=N–C) groups is 1. The highest BCUT2D eigenvalue weighted by atomic mass is 16.1. The lowest BCUT2D eigenvalue weighted by atomic mass is 10.0. The van der Waals surface area contributed by atoms with Gasteiger partial charge in [0.2, 0.25) is 0 Å². The van der Waals surface area contributed by atoms with Crippen LogP contribution in [0.5, 0.6) is 0 Å². The maximum atomic E-state index is 11.9. The van der Waals surface area contributed by atoms with Gasteiger partial charge in [-0.2, -0.15) is 0 Å². The Morgan fingerprint density at radius 3 is 2.41 bits per heavy atom. The molecule has 0 aliphatic rings. The molecule has 0 saturated heterocycles. The molecule has 0 amide bonds. The van der Waals surface area contributed by atoms with Crippen LogP contribution in [0.2, 0.25) is 0 Å². The van der Waals surface area contributed by atoms with E-state index in [0.717, 1.165) is 36.1 Å². The van der Waals surface area contributed by atoms with Gasteiger partial charge in [-0.05, 0) is 50.5 Å². The quantitative estimate of drug-likeness (QED) is 0.191. The zero-order chi connectivity index (χ0) is 21.2. The first-order chi connectivity index (χ1) is 13.9. The van der Waals surface area contributed by atoms with Gasteiger partial charge in [-0.25, -0.2) is 0 Å². The van der Waals surface area contributed by atoms with Gasteiger partial charge in [-0.15, -0.1) is 0 Å². The number of Topliss-reactive ketones (excluding diaryl/α,β-unsaturated/α-hetero) is 1. The third-order valence-electron chi connectivity index (χ3n) is 4.64. The number of nitrogens with one attached hydrogen (secondary N) is 1.